The monoisotopic (exact) mass is 371 g/mol. The van der Waals surface area contributed by atoms with Gasteiger partial charge in [0.25, 0.3) is 5.91 Å². The Labute approximate surface area is 122 Å². The molecule has 18 heavy (non-hydrogen) atoms. The number of benzene rings is 1. The first-order chi connectivity index (χ1) is 8.58. The van der Waals surface area contributed by atoms with Crippen molar-refractivity contribution in [3.8, 4) is 0 Å². The Bertz CT molecular complexity index is 544. The van der Waals surface area contributed by atoms with E-state index in [-0.39, 0.29) is 5.91 Å². The average Bonchev–Trinajstić information content (AvgIpc) is 2.67. The third-order valence-electron chi connectivity index (χ3n) is 2.53. The molecule has 0 atom stereocenters. The molecule has 4 nitrogen and oxygen atoms in total. The lowest BCUT2D eigenvalue weighted by Crippen LogP contribution is -2.24. The molecule has 1 heterocycles. The Balaban J connectivity index is 2.03. The highest BCUT2D eigenvalue weighted by Crippen LogP contribution is 2.15. The smallest absolute Gasteiger partial charge is 0.251 e. The van der Waals surface area contributed by atoms with E-state index >= 15 is 0 Å². The predicted molar refractivity (Wildman–Crippen MR) is 76.2 cm³/mol. The van der Waals surface area contributed by atoms with Gasteiger partial charge in [0.2, 0.25) is 0 Å². The lowest BCUT2D eigenvalue weighted by atomic mass is 10.2. The first-order valence-corrected chi connectivity index (χ1v) is 6.86. The molecule has 0 radical (unpaired) electrons. The molecular weight excluding hydrogens is 362 g/mol. The highest BCUT2D eigenvalue weighted by Gasteiger charge is 2.09. The largest absolute Gasteiger partial charge is 0.346 e. The van der Waals surface area contributed by atoms with Crippen molar-refractivity contribution < 1.29 is 4.79 Å². The van der Waals surface area contributed by atoms with Gasteiger partial charge in [-0.15, -0.1) is 0 Å². The van der Waals surface area contributed by atoms with E-state index in [1.54, 1.807) is 23.0 Å². The van der Waals surface area contributed by atoms with Crippen LogP contribution >= 0.6 is 31.9 Å². The van der Waals surface area contributed by atoms with E-state index in [2.05, 4.69) is 42.3 Å². The van der Waals surface area contributed by atoms with E-state index in [4.69, 9.17) is 0 Å². The summed E-state index contributed by atoms with van der Waals surface area (Å²) in [5, 5.41) is 6.95. The fraction of sp³-hybridized carbons (Fsp3) is 0.167. The van der Waals surface area contributed by atoms with Crippen LogP contribution in [-0.4, -0.2) is 15.7 Å². The Hall–Kier alpha value is -1.14. The molecule has 1 aromatic carbocycles. The minimum absolute atomic E-state index is 0.101. The SMILES string of the molecule is Cn1ncc(Br)c1CNC(=O)c1ccc(Br)cc1. The van der Waals surface area contributed by atoms with Gasteiger partial charge < -0.3 is 5.32 Å². The van der Waals surface area contributed by atoms with Crippen molar-refractivity contribution in [2.75, 3.05) is 0 Å². The first kappa shape index (κ1) is 13.3. The Morgan fingerprint density at radius 1 is 1.33 bits per heavy atom. The second kappa shape index (κ2) is 5.67. The summed E-state index contributed by atoms with van der Waals surface area (Å²) in [6, 6.07) is 7.24. The number of hydrogen-bond donors (Lipinski definition) is 1. The fourth-order valence-electron chi connectivity index (χ4n) is 1.50. The molecule has 2 rings (SSSR count). The standard InChI is InChI=1S/C12H11Br2N3O/c1-17-11(10(14)6-16-17)7-15-12(18)8-2-4-9(13)5-3-8/h2-6H,7H2,1H3,(H,15,18). The molecule has 0 fully saturated rings. The van der Waals surface area contributed by atoms with Gasteiger partial charge in [0.05, 0.1) is 22.9 Å². The molecule has 0 aliphatic heterocycles. The third kappa shape index (κ3) is 3.00. The number of amides is 1. The van der Waals surface area contributed by atoms with Gasteiger partial charge in [-0.25, -0.2) is 0 Å². The molecule has 0 saturated carbocycles. The number of nitrogens with one attached hydrogen (secondary N) is 1. The van der Waals surface area contributed by atoms with Crippen LogP contribution in [0.15, 0.2) is 39.4 Å². The number of hydrogen-bond acceptors (Lipinski definition) is 2. The normalized spacial score (nSPS) is 10.4. The van der Waals surface area contributed by atoms with Gasteiger partial charge in [0.15, 0.2) is 0 Å². The molecule has 6 heteroatoms. The molecule has 0 aliphatic carbocycles. The molecule has 0 spiro atoms. The summed E-state index contributed by atoms with van der Waals surface area (Å²) in [7, 11) is 1.84. The number of rotatable bonds is 3. The van der Waals surface area contributed by atoms with Crippen LogP contribution in [0.2, 0.25) is 0 Å². The minimum atomic E-state index is -0.101. The second-order valence-electron chi connectivity index (χ2n) is 3.75. The zero-order valence-electron chi connectivity index (χ0n) is 9.65. The van der Waals surface area contributed by atoms with Gasteiger partial charge in [-0.05, 0) is 40.2 Å². The molecule has 0 aliphatic rings. The van der Waals surface area contributed by atoms with Crippen LogP contribution in [0.25, 0.3) is 0 Å². The van der Waals surface area contributed by atoms with Gasteiger partial charge in [-0.2, -0.15) is 5.10 Å². The quantitative estimate of drug-likeness (QED) is 0.900. The topological polar surface area (TPSA) is 46.9 Å². The van der Waals surface area contributed by atoms with Gasteiger partial charge in [0.1, 0.15) is 0 Å². The summed E-state index contributed by atoms with van der Waals surface area (Å²) in [5.41, 5.74) is 1.57. The molecule has 2 aromatic rings. The zero-order chi connectivity index (χ0) is 13.1. The van der Waals surface area contributed by atoms with Crippen LogP contribution in [0.1, 0.15) is 16.1 Å². The van der Waals surface area contributed by atoms with Crippen molar-refractivity contribution >= 4 is 37.8 Å². The van der Waals surface area contributed by atoms with Crippen molar-refractivity contribution in [3.63, 3.8) is 0 Å². The van der Waals surface area contributed by atoms with E-state index < -0.39 is 0 Å². The minimum Gasteiger partial charge on any atom is -0.346 e. The number of carbonyl (C=O) groups excluding carboxylic acids is 1. The van der Waals surface area contributed by atoms with Crippen LogP contribution < -0.4 is 5.32 Å². The van der Waals surface area contributed by atoms with Gasteiger partial charge >= 0.3 is 0 Å². The van der Waals surface area contributed by atoms with E-state index in [1.807, 2.05) is 19.2 Å². The maximum atomic E-state index is 11.9. The molecular formula is C12H11Br2N3O. The van der Waals surface area contributed by atoms with Gasteiger partial charge in [-0.3, -0.25) is 9.48 Å². The first-order valence-electron chi connectivity index (χ1n) is 5.28. The summed E-state index contributed by atoms with van der Waals surface area (Å²) in [5.74, 6) is -0.101. The Morgan fingerprint density at radius 3 is 2.56 bits per heavy atom. The Morgan fingerprint density at radius 2 is 2.00 bits per heavy atom. The average molecular weight is 373 g/mol. The van der Waals surface area contributed by atoms with E-state index in [1.165, 1.54) is 0 Å². The van der Waals surface area contributed by atoms with Crippen LogP contribution in [0.4, 0.5) is 0 Å². The van der Waals surface area contributed by atoms with Crippen LogP contribution in [0.5, 0.6) is 0 Å². The van der Waals surface area contributed by atoms with Crippen LogP contribution in [-0.2, 0) is 13.6 Å². The number of halogens is 2. The highest BCUT2D eigenvalue weighted by atomic mass is 79.9. The van der Waals surface area contributed by atoms with Crippen molar-refractivity contribution in [1.82, 2.24) is 15.1 Å². The molecule has 0 bridgehead atoms. The molecule has 0 unspecified atom stereocenters. The fourth-order valence-corrected chi connectivity index (χ4v) is 2.25. The zero-order valence-corrected chi connectivity index (χ0v) is 12.8. The second-order valence-corrected chi connectivity index (χ2v) is 5.52. The number of aryl methyl sites for hydroxylation is 1. The summed E-state index contributed by atoms with van der Waals surface area (Å²) >= 11 is 6.73. The van der Waals surface area contributed by atoms with Crippen LogP contribution in [0.3, 0.4) is 0 Å². The van der Waals surface area contributed by atoms with Crippen molar-refractivity contribution in [3.05, 3.63) is 50.7 Å². The third-order valence-corrected chi connectivity index (χ3v) is 3.72. The summed E-state index contributed by atoms with van der Waals surface area (Å²) < 4.78 is 3.57. The number of carbonyl (C=O) groups is 1. The molecule has 1 aromatic heterocycles. The van der Waals surface area contributed by atoms with E-state index in [0.717, 1.165) is 14.6 Å². The number of aromatic nitrogens is 2. The van der Waals surface area contributed by atoms with Crippen molar-refractivity contribution in [2.45, 2.75) is 6.54 Å². The summed E-state index contributed by atoms with van der Waals surface area (Å²) in [4.78, 5) is 11.9. The summed E-state index contributed by atoms with van der Waals surface area (Å²) in [6.07, 6.45) is 1.71. The van der Waals surface area contributed by atoms with Crippen molar-refractivity contribution in [2.24, 2.45) is 7.05 Å². The maximum Gasteiger partial charge on any atom is 0.251 e. The molecule has 1 amide bonds. The van der Waals surface area contributed by atoms with Gasteiger partial charge in [-0.1, -0.05) is 15.9 Å². The molecule has 0 saturated heterocycles. The summed E-state index contributed by atoms with van der Waals surface area (Å²) in [6.45, 7) is 0.436. The van der Waals surface area contributed by atoms with Gasteiger partial charge in [0, 0.05) is 17.1 Å². The van der Waals surface area contributed by atoms with Crippen molar-refractivity contribution in [1.29, 1.82) is 0 Å². The maximum absolute atomic E-state index is 11.9. The lowest BCUT2D eigenvalue weighted by molar-refractivity contribution is 0.0950. The van der Waals surface area contributed by atoms with E-state index in [0.29, 0.717) is 12.1 Å². The Kier molecular flexibility index (Phi) is 4.19. The molecule has 94 valence electrons. The lowest BCUT2D eigenvalue weighted by Gasteiger charge is -2.06. The van der Waals surface area contributed by atoms with E-state index in [9.17, 15) is 4.79 Å². The predicted octanol–water partition coefficient (Wildman–Crippen LogP) is 2.88. The molecule has 1 N–H and O–H groups in total. The number of nitrogens with zero attached hydrogens (tertiary/aromatic N) is 2. The highest BCUT2D eigenvalue weighted by molar-refractivity contribution is 9.10. The van der Waals surface area contributed by atoms with Crippen LogP contribution in [0, 0.1) is 0 Å².